The molecular formula is C22H23N3O3S2. The summed E-state index contributed by atoms with van der Waals surface area (Å²) in [5.41, 5.74) is 1.64. The number of hydrogen-bond donors (Lipinski definition) is 0. The largest absolute Gasteiger partial charge is 0.274 e. The van der Waals surface area contributed by atoms with E-state index in [1.165, 1.54) is 15.6 Å². The van der Waals surface area contributed by atoms with Gasteiger partial charge >= 0.3 is 0 Å². The predicted octanol–water partition coefficient (Wildman–Crippen LogP) is 4.22. The molecule has 1 aliphatic rings. The van der Waals surface area contributed by atoms with Crippen LogP contribution in [0.4, 0.5) is 10.8 Å². The molecule has 0 aliphatic carbocycles. The van der Waals surface area contributed by atoms with E-state index in [4.69, 9.17) is 0 Å². The minimum atomic E-state index is -3.53. The lowest BCUT2D eigenvalue weighted by atomic mass is 9.96. The number of para-hydroxylation sites is 1. The van der Waals surface area contributed by atoms with Crippen molar-refractivity contribution < 1.29 is 13.2 Å². The van der Waals surface area contributed by atoms with Gasteiger partial charge in [-0.25, -0.2) is 13.4 Å². The van der Waals surface area contributed by atoms with E-state index < -0.39 is 10.0 Å². The quantitative estimate of drug-likeness (QED) is 0.594. The Morgan fingerprint density at radius 1 is 1.03 bits per heavy atom. The first kappa shape index (κ1) is 20.7. The molecule has 1 aliphatic heterocycles. The second-order valence-corrected chi connectivity index (χ2v) is 10.0. The molecule has 4 rings (SSSR count). The van der Waals surface area contributed by atoms with Crippen molar-refractivity contribution in [1.29, 1.82) is 0 Å². The van der Waals surface area contributed by atoms with Crippen LogP contribution in [0.3, 0.4) is 0 Å². The number of carbonyl (C=O) groups excluding carboxylic acids is 1. The van der Waals surface area contributed by atoms with E-state index >= 15 is 0 Å². The van der Waals surface area contributed by atoms with Crippen LogP contribution in [0.1, 0.15) is 18.5 Å². The van der Waals surface area contributed by atoms with Gasteiger partial charge in [0.1, 0.15) is 0 Å². The molecule has 0 bridgehead atoms. The van der Waals surface area contributed by atoms with Gasteiger partial charge in [0.2, 0.25) is 15.9 Å². The Morgan fingerprint density at radius 2 is 1.63 bits per heavy atom. The van der Waals surface area contributed by atoms with Crippen molar-refractivity contribution in [2.45, 2.75) is 24.7 Å². The number of amides is 1. The summed E-state index contributed by atoms with van der Waals surface area (Å²) in [6.45, 7) is 2.56. The minimum absolute atomic E-state index is 0.0349. The number of aromatic nitrogens is 1. The van der Waals surface area contributed by atoms with Crippen molar-refractivity contribution in [3.8, 4) is 0 Å². The van der Waals surface area contributed by atoms with Crippen LogP contribution in [-0.2, 0) is 14.8 Å². The van der Waals surface area contributed by atoms with E-state index in [0.29, 0.717) is 36.0 Å². The molecule has 0 spiro atoms. The number of piperidine rings is 1. The number of aryl methyl sites for hydroxylation is 1. The summed E-state index contributed by atoms with van der Waals surface area (Å²) in [7, 11) is -3.53. The summed E-state index contributed by atoms with van der Waals surface area (Å²) in [5.74, 6) is -0.288. The number of hydrogen-bond acceptors (Lipinski definition) is 5. The molecule has 1 aromatic heterocycles. The fourth-order valence-corrected chi connectivity index (χ4v) is 5.94. The second kappa shape index (κ2) is 8.67. The van der Waals surface area contributed by atoms with Crippen molar-refractivity contribution in [2.75, 3.05) is 18.0 Å². The molecule has 3 aromatic rings. The van der Waals surface area contributed by atoms with E-state index in [9.17, 15) is 13.2 Å². The Balaban J connectivity index is 1.52. The fraction of sp³-hybridized carbons (Fsp3) is 0.273. The highest BCUT2D eigenvalue weighted by Gasteiger charge is 2.35. The molecule has 0 saturated carbocycles. The van der Waals surface area contributed by atoms with Crippen LogP contribution in [0.25, 0.3) is 0 Å². The van der Waals surface area contributed by atoms with Crippen molar-refractivity contribution in [3.05, 3.63) is 71.7 Å². The summed E-state index contributed by atoms with van der Waals surface area (Å²) in [4.78, 5) is 19.9. The van der Waals surface area contributed by atoms with Crippen LogP contribution >= 0.6 is 11.3 Å². The first-order chi connectivity index (χ1) is 14.5. The third kappa shape index (κ3) is 4.16. The first-order valence-corrected chi connectivity index (χ1v) is 12.1. The number of nitrogens with zero attached hydrogens (tertiary/aromatic N) is 3. The van der Waals surface area contributed by atoms with Crippen molar-refractivity contribution in [2.24, 2.45) is 5.92 Å². The predicted molar refractivity (Wildman–Crippen MR) is 118 cm³/mol. The SMILES string of the molecule is Cc1csc(N(C(=O)C2CCN(S(=O)(=O)c3ccccc3)CC2)c2ccccc2)n1. The molecule has 0 N–H and O–H groups in total. The smallest absolute Gasteiger partial charge is 0.243 e. The van der Waals surface area contributed by atoms with E-state index in [1.807, 2.05) is 42.6 Å². The highest BCUT2D eigenvalue weighted by Crippen LogP contribution is 2.33. The van der Waals surface area contributed by atoms with Crippen LogP contribution in [0.5, 0.6) is 0 Å². The maximum Gasteiger partial charge on any atom is 0.243 e. The van der Waals surface area contributed by atoms with Gasteiger partial charge in [0, 0.05) is 24.4 Å². The van der Waals surface area contributed by atoms with E-state index in [2.05, 4.69) is 4.98 Å². The average Bonchev–Trinajstić information content (AvgIpc) is 3.21. The zero-order valence-corrected chi connectivity index (χ0v) is 18.3. The number of carbonyl (C=O) groups is 1. The average molecular weight is 442 g/mol. The number of benzene rings is 2. The van der Waals surface area contributed by atoms with Crippen molar-refractivity contribution >= 4 is 38.1 Å². The number of thiazole rings is 1. The monoisotopic (exact) mass is 441 g/mol. The Hall–Kier alpha value is -2.55. The third-order valence-corrected chi connectivity index (χ3v) is 8.07. The number of sulfonamides is 1. The summed E-state index contributed by atoms with van der Waals surface area (Å²) in [6.07, 6.45) is 0.969. The summed E-state index contributed by atoms with van der Waals surface area (Å²) >= 11 is 1.43. The molecule has 6 nitrogen and oxygen atoms in total. The molecule has 2 aromatic carbocycles. The zero-order valence-electron chi connectivity index (χ0n) is 16.6. The summed E-state index contributed by atoms with van der Waals surface area (Å²) in [6, 6.07) is 17.9. The Kier molecular flexibility index (Phi) is 5.99. The Bertz CT molecular complexity index is 1110. The molecule has 156 valence electrons. The maximum absolute atomic E-state index is 13.5. The Labute approximate surface area is 180 Å². The lowest BCUT2D eigenvalue weighted by molar-refractivity contribution is -0.122. The van der Waals surface area contributed by atoms with E-state index in [-0.39, 0.29) is 11.8 Å². The van der Waals surface area contributed by atoms with Gasteiger partial charge in [-0.3, -0.25) is 9.69 Å². The van der Waals surface area contributed by atoms with Gasteiger partial charge in [0.15, 0.2) is 5.13 Å². The minimum Gasteiger partial charge on any atom is -0.274 e. The Morgan fingerprint density at radius 3 is 2.20 bits per heavy atom. The number of rotatable bonds is 5. The highest BCUT2D eigenvalue weighted by atomic mass is 32.2. The standard InChI is InChI=1S/C22H23N3O3S2/c1-17-16-29-22(23-17)25(19-8-4-2-5-9-19)21(26)18-12-14-24(15-13-18)30(27,28)20-10-6-3-7-11-20/h2-11,16,18H,12-15H2,1H3. The number of anilines is 2. The molecule has 0 unspecified atom stereocenters. The summed E-state index contributed by atoms with van der Waals surface area (Å²) < 4.78 is 27.2. The molecular weight excluding hydrogens is 418 g/mol. The molecule has 8 heteroatoms. The van der Waals surface area contributed by atoms with Gasteiger partial charge in [-0.2, -0.15) is 4.31 Å². The van der Waals surface area contributed by atoms with E-state index in [0.717, 1.165) is 11.4 Å². The summed E-state index contributed by atoms with van der Waals surface area (Å²) in [5, 5.41) is 2.57. The molecule has 1 fully saturated rings. The molecule has 1 amide bonds. The first-order valence-electron chi connectivity index (χ1n) is 9.83. The van der Waals surface area contributed by atoms with Crippen LogP contribution in [0.15, 0.2) is 70.9 Å². The zero-order chi connectivity index (χ0) is 21.1. The van der Waals surface area contributed by atoms with Gasteiger partial charge in [0.25, 0.3) is 0 Å². The maximum atomic E-state index is 13.5. The van der Waals surface area contributed by atoms with Gasteiger partial charge in [-0.1, -0.05) is 36.4 Å². The highest BCUT2D eigenvalue weighted by molar-refractivity contribution is 7.89. The van der Waals surface area contributed by atoms with Crippen LogP contribution < -0.4 is 4.90 Å². The topological polar surface area (TPSA) is 70.6 Å². The van der Waals surface area contributed by atoms with Crippen molar-refractivity contribution in [3.63, 3.8) is 0 Å². The van der Waals surface area contributed by atoms with Gasteiger partial charge in [-0.15, -0.1) is 11.3 Å². The second-order valence-electron chi connectivity index (χ2n) is 7.27. The molecule has 0 atom stereocenters. The lowest BCUT2D eigenvalue weighted by Crippen LogP contribution is -2.43. The lowest BCUT2D eigenvalue weighted by Gasteiger charge is -2.33. The molecule has 2 heterocycles. The van der Waals surface area contributed by atoms with Crippen LogP contribution in [0, 0.1) is 12.8 Å². The molecule has 1 saturated heterocycles. The normalized spacial score (nSPS) is 15.8. The van der Waals surface area contributed by atoms with E-state index in [1.54, 1.807) is 35.2 Å². The van der Waals surface area contributed by atoms with Crippen molar-refractivity contribution in [1.82, 2.24) is 9.29 Å². The molecule has 0 radical (unpaired) electrons. The molecule has 30 heavy (non-hydrogen) atoms. The fourth-order valence-electron chi connectivity index (χ4n) is 3.62. The van der Waals surface area contributed by atoms with Gasteiger partial charge in [-0.05, 0) is 44.0 Å². The van der Waals surface area contributed by atoms with Gasteiger partial charge < -0.3 is 0 Å². The van der Waals surface area contributed by atoms with Crippen LogP contribution in [-0.4, -0.2) is 36.7 Å². The van der Waals surface area contributed by atoms with Crippen LogP contribution in [0.2, 0.25) is 0 Å². The van der Waals surface area contributed by atoms with Gasteiger partial charge in [0.05, 0.1) is 16.3 Å². The third-order valence-electron chi connectivity index (χ3n) is 5.22.